The van der Waals surface area contributed by atoms with Gasteiger partial charge in [0, 0.05) is 32.9 Å². The summed E-state index contributed by atoms with van der Waals surface area (Å²) in [6.07, 6.45) is 0.261. The summed E-state index contributed by atoms with van der Waals surface area (Å²) in [6, 6.07) is 4.74. The number of aryl methyl sites for hydroxylation is 2. The van der Waals surface area contributed by atoms with Crippen LogP contribution in [0.3, 0.4) is 0 Å². The summed E-state index contributed by atoms with van der Waals surface area (Å²) in [5.41, 5.74) is 2.68. The first-order valence-electron chi connectivity index (χ1n) is 8.86. The van der Waals surface area contributed by atoms with E-state index in [2.05, 4.69) is 5.10 Å². The maximum atomic E-state index is 13.0. The fraction of sp³-hybridized carbons (Fsp3) is 0.474. The van der Waals surface area contributed by atoms with Crippen molar-refractivity contribution in [2.75, 3.05) is 18.7 Å². The number of nitrogens with zero attached hydrogens (tertiary/aromatic N) is 3. The molecular weight excluding hydrogens is 350 g/mol. The molecule has 2 atom stereocenters. The molecule has 144 valence electrons. The minimum Gasteiger partial charge on any atom is -0.480 e. The number of carboxylic acids is 1. The van der Waals surface area contributed by atoms with E-state index in [-0.39, 0.29) is 43.5 Å². The summed E-state index contributed by atoms with van der Waals surface area (Å²) >= 11 is 0. The van der Waals surface area contributed by atoms with Crippen molar-refractivity contribution < 1.29 is 24.2 Å². The number of carbonyl (C=O) groups is 3. The average molecular weight is 373 g/mol. The van der Waals surface area contributed by atoms with Crippen molar-refractivity contribution in [1.29, 1.82) is 0 Å². The van der Waals surface area contributed by atoms with Gasteiger partial charge in [0.1, 0.15) is 11.8 Å². The lowest BCUT2D eigenvalue weighted by molar-refractivity contribution is -0.146. The van der Waals surface area contributed by atoms with Gasteiger partial charge in [-0.15, -0.1) is 0 Å². The van der Waals surface area contributed by atoms with E-state index in [9.17, 15) is 19.5 Å². The fourth-order valence-electron chi connectivity index (χ4n) is 3.44. The van der Waals surface area contributed by atoms with Gasteiger partial charge in [0.2, 0.25) is 5.91 Å². The van der Waals surface area contributed by atoms with E-state index < -0.39 is 17.9 Å². The topological polar surface area (TPSA) is 99.5 Å². The third-order valence-corrected chi connectivity index (χ3v) is 5.01. The van der Waals surface area contributed by atoms with Gasteiger partial charge < -0.3 is 14.7 Å². The predicted molar refractivity (Wildman–Crippen MR) is 98.6 cm³/mol. The van der Waals surface area contributed by atoms with Crippen LogP contribution in [0, 0.1) is 13.8 Å². The van der Waals surface area contributed by atoms with Crippen molar-refractivity contribution >= 4 is 29.2 Å². The number of amides is 2. The highest BCUT2D eigenvalue weighted by molar-refractivity contribution is 6.40. The van der Waals surface area contributed by atoms with Crippen LogP contribution in [0.1, 0.15) is 30.4 Å². The molecule has 3 rings (SSSR count). The van der Waals surface area contributed by atoms with E-state index in [0.717, 1.165) is 11.1 Å². The van der Waals surface area contributed by atoms with Gasteiger partial charge >= 0.3 is 5.97 Å². The van der Waals surface area contributed by atoms with Crippen LogP contribution in [-0.4, -0.2) is 59.3 Å². The first-order valence-corrected chi connectivity index (χ1v) is 8.86. The third kappa shape index (κ3) is 3.71. The van der Waals surface area contributed by atoms with E-state index >= 15 is 0 Å². The van der Waals surface area contributed by atoms with Crippen LogP contribution in [-0.2, 0) is 19.1 Å². The molecule has 1 N–H and O–H groups in total. The summed E-state index contributed by atoms with van der Waals surface area (Å²) < 4.78 is 5.23. The zero-order valence-electron chi connectivity index (χ0n) is 15.6. The number of carbonyl (C=O) groups excluding carboxylic acids is 2. The lowest BCUT2D eigenvalue weighted by atomic mass is 10.1. The lowest BCUT2D eigenvalue weighted by Gasteiger charge is -2.27. The molecule has 1 saturated heterocycles. The Labute approximate surface area is 157 Å². The van der Waals surface area contributed by atoms with Crippen LogP contribution in [0.15, 0.2) is 23.3 Å². The Bertz CT molecular complexity index is 820. The van der Waals surface area contributed by atoms with Gasteiger partial charge in [-0.2, -0.15) is 5.10 Å². The van der Waals surface area contributed by atoms with Gasteiger partial charge in [-0.1, -0.05) is 12.1 Å². The molecule has 0 aliphatic carbocycles. The molecule has 0 saturated carbocycles. The smallest absolute Gasteiger partial charge is 0.326 e. The number of hydrogen-bond donors (Lipinski definition) is 1. The Morgan fingerprint density at radius 3 is 2.67 bits per heavy atom. The van der Waals surface area contributed by atoms with Gasteiger partial charge in [0.05, 0.1) is 11.8 Å². The minimum absolute atomic E-state index is 0.150. The summed E-state index contributed by atoms with van der Waals surface area (Å²) in [6.45, 7) is 3.99. The maximum absolute atomic E-state index is 13.0. The van der Waals surface area contributed by atoms with E-state index in [4.69, 9.17) is 4.74 Å². The van der Waals surface area contributed by atoms with Crippen LogP contribution in [0.4, 0.5) is 5.69 Å². The van der Waals surface area contributed by atoms with Gasteiger partial charge in [-0.05, 0) is 31.0 Å². The van der Waals surface area contributed by atoms with Crippen LogP contribution in [0.25, 0.3) is 0 Å². The van der Waals surface area contributed by atoms with Crippen LogP contribution in [0.2, 0.25) is 0 Å². The molecule has 1 aromatic carbocycles. The van der Waals surface area contributed by atoms with Gasteiger partial charge in [-0.3, -0.25) is 9.59 Å². The lowest BCUT2D eigenvalue weighted by Crippen LogP contribution is -2.46. The molecule has 2 aliphatic heterocycles. The Balaban J connectivity index is 1.91. The first kappa shape index (κ1) is 19.0. The number of anilines is 1. The number of hydrazone groups is 1. The maximum Gasteiger partial charge on any atom is 0.326 e. The van der Waals surface area contributed by atoms with Crippen molar-refractivity contribution in [2.45, 2.75) is 45.3 Å². The molecule has 0 aromatic heterocycles. The second-order valence-corrected chi connectivity index (χ2v) is 6.95. The van der Waals surface area contributed by atoms with Crippen molar-refractivity contribution in [3.05, 3.63) is 29.3 Å². The molecule has 8 nitrogen and oxygen atoms in total. The molecule has 1 fully saturated rings. The number of rotatable bonds is 4. The average Bonchev–Trinajstić information content (AvgIpc) is 3.08. The number of aliphatic carboxylic acids is 1. The Hall–Kier alpha value is -2.74. The second-order valence-electron chi connectivity index (χ2n) is 6.95. The van der Waals surface area contributed by atoms with Gasteiger partial charge in [0.25, 0.3) is 5.91 Å². The zero-order valence-corrected chi connectivity index (χ0v) is 15.6. The minimum atomic E-state index is -1.07. The highest BCUT2D eigenvalue weighted by Gasteiger charge is 2.42. The largest absolute Gasteiger partial charge is 0.480 e. The summed E-state index contributed by atoms with van der Waals surface area (Å²) in [4.78, 5) is 38.2. The van der Waals surface area contributed by atoms with Crippen LogP contribution in [0.5, 0.6) is 0 Å². The molecule has 2 heterocycles. The van der Waals surface area contributed by atoms with Crippen LogP contribution < -0.4 is 5.01 Å². The summed E-state index contributed by atoms with van der Waals surface area (Å²) in [5.74, 6) is -1.71. The van der Waals surface area contributed by atoms with Crippen molar-refractivity contribution in [3.8, 4) is 0 Å². The number of benzene rings is 1. The summed E-state index contributed by atoms with van der Waals surface area (Å²) in [7, 11) is 1.50. The first-order chi connectivity index (χ1) is 12.8. The van der Waals surface area contributed by atoms with Gasteiger partial charge in [-0.25, -0.2) is 9.80 Å². The molecule has 27 heavy (non-hydrogen) atoms. The number of likely N-dealkylation sites (tertiary alicyclic amines) is 1. The molecule has 0 spiro atoms. The Morgan fingerprint density at radius 1 is 1.26 bits per heavy atom. The monoisotopic (exact) mass is 373 g/mol. The van der Waals surface area contributed by atoms with E-state index in [1.165, 1.54) is 17.0 Å². The molecular formula is C19H23N3O5. The SMILES string of the molecule is COC1CC(C(=O)O)N(C(=O)C2=NN(c3cc(C)ccc3C)C(=O)CC2)C1. The predicted octanol–water partition coefficient (Wildman–Crippen LogP) is 1.49. The molecule has 2 unspecified atom stereocenters. The summed E-state index contributed by atoms with van der Waals surface area (Å²) in [5, 5.41) is 15.0. The number of methoxy groups -OCH3 is 1. The number of carboxylic acid groups (broad SMARTS) is 1. The standard InChI is InChI=1S/C19H23N3O5/c1-11-4-5-12(2)15(8-11)22-17(23)7-6-14(20-22)18(24)21-10-13(27-3)9-16(21)19(25)26/h4-5,8,13,16H,6-7,9-10H2,1-3H3,(H,25,26). The van der Waals surface area contributed by atoms with E-state index in [1.807, 2.05) is 32.0 Å². The molecule has 8 heteroatoms. The molecule has 1 aromatic rings. The second kappa shape index (κ2) is 7.48. The molecule has 0 bridgehead atoms. The molecule has 0 radical (unpaired) electrons. The molecule has 2 amide bonds. The van der Waals surface area contributed by atoms with Crippen LogP contribution >= 0.6 is 0 Å². The number of ether oxygens (including phenoxy) is 1. The van der Waals surface area contributed by atoms with Crippen molar-refractivity contribution in [2.24, 2.45) is 5.10 Å². The highest BCUT2D eigenvalue weighted by atomic mass is 16.5. The zero-order chi connectivity index (χ0) is 19.7. The molecule has 2 aliphatic rings. The third-order valence-electron chi connectivity index (χ3n) is 5.01. The quantitative estimate of drug-likeness (QED) is 0.862. The Kier molecular flexibility index (Phi) is 5.27. The number of hydrogen-bond acceptors (Lipinski definition) is 5. The van der Waals surface area contributed by atoms with Crippen molar-refractivity contribution in [3.63, 3.8) is 0 Å². The van der Waals surface area contributed by atoms with Crippen molar-refractivity contribution in [1.82, 2.24) is 4.90 Å². The highest BCUT2D eigenvalue weighted by Crippen LogP contribution is 2.27. The van der Waals surface area contributed by atoms with Gasteiger partial charge in [0.15, 0.2) is 0 Å². The van der Waals surface area contributed by atoms with E-state index in [1.54, 1.807) is 0 Å². The Morgan fingerprint density at radius 2 is 2.00 bits per heavy atom. The van der Waals surface area contributed by atoms with E-state index in [0.29, 0.717) is 5.69 Å². The fourth-order valence-corrected chi connectivity index (χ4v) is 3.44. The normalized spacial score (nSPS) is 22.8.